The number of hydrogen-bond acceptors (Lipinski definition) is 9. The molecular weight excluding hydrogens is 446 g/mol. The van der Waals surface area contributed by atoms with E-state index in [2.05, 4.69) is 41.5 Å². The monoisotopic (exact) mass is 467 g/mol. The lowest BCUT2D eigenvalue weighted by Gasteiger charge is -2.10. The van der Waals surface area contributed by atoms with Gasteiger partial charge in [0.15, 0.2) is 11.8 Å². The molecule has 1 fully saturated rings. The Morgan fingerprint density at radius 2 is 2.06 bits per heavy atom. The van der Waals surface area contributed by atoms with E-state index in [1.807, 2.05) is 6.07 Å². The minimum absolute atomic E-state index is 0.0993. The SMILES string of the molecule is COc1cc(-c2ccc(C)s2)cc2sc(CC(=N)OC(=N)CC(=O)NC3(C#N)CC3)nc12. The van der Waals surface area contributed by atoms with Crippen LogP contribution in [0.3, 0.4) is 0 Å². The topological polar surface area (TPSA) is 132 Å². The van der Waals surface area contributed by atoms with Gasteiger partial charge in [-0.15, -0.1) is 22.7 Å². The van der Waals surface area contributed by atoms with E-state index in [1.165, 1.54) is 16.2 Å². The molecular formula is C22H21N5O3S2. The van der Waals surface area contributed by atoms with Crippen LogP contribution in [0.5, 0.6) is 5.75 Å². The van der Waals surface area contributed by atoms with Gasteiger partial charge in [-0.2, -0.15) is 5.26 Å². The van der Waals surface area contributed by atoms with Gasteiger partial charge in [-0.1, -0.05) is 0 Å². The summed E-state index contributed by atoms with van der Waals surface area (Å²) in [7, 11) is 1.60. The predicted molar refractivity (Wildman–Crippen MR) is 125 cm³/mol. The van der Waals surface area contributed by atoms with Crippen molar-refractivity contribution in [1.82, 2.24) is 10.3 Å². The van der Waals surface area contributed by atoms with Gasteiger partial charge in [0, 0.05) is 9.75 Å². The zero-order chi connectivity index (χ0) is 22.9. The molecule has 3 aromatic rings. The zero-order valence-electron chi connectivity index (χ0n) is 17.6. The van der Waals surface area contributed by atoms with Crippen molar-refractivity contribution in [3.63, 3.8) is 0 Å². The summed E-state index contributed by atoms with van der Waals surface area (Å²) >= 11 is 3.14. The maximum Gasteiger partial charge on any atom is 0.230 e. The molecule has 0 saturated heterocycles. The number of methoxy groups -OCH3 is 1. The number of rotatable bonds is 7. The Kier molecular flexibility index (Phi) is 5.95. The molecule has 10 heteroatoms. The molecule has 0 aliphatic heterocycles. The summed E-state index contributed by atoms with van der Waals surface area (Å²) < 4.78 is 11.7. The van der Waals surface area contributed by atoms with Gasteiger partial charge in [-0.25, -0.2) is 4.98 Å². The molecule has 3 N–H and O–H groups in total. The Morgan fingerprint density at radius 1 is 1.28 bits per heavy atom. The van der Waals surface area contributed by atoms with E-state index < -0.39 is 11.4 Å². The highest BCUT2D eigenvalue weighted by Gasteiger charge is 2.44. The van der Waals surface area contributed by atoms with Crippen LogP contribution in [0.1, 0.15) is 29.1 Å². The van der Waals surface area contributed by atoms with Crippen LogP contribution in [0.15, 0.2) is 24.3 Å². The van der Waals surface area contributed by atoms with Crippen molar-refractivity contribution >= 4 is 50.6 Å². The first-order valence-electron chi connectivity index (χ1n) is 9.90. The number of nitriles is 1. The summed E-state index contributed by atoms with van der Waals surface area (Å²) in [5.74, 6) is -0.302. The third-order valence-electron chi connectivity index (χ3n) is 4.97. The maximum atomic E-state index is 12.0. The van der Waals surface area contributed by atoms with Crippen LogP contribution in [0.2, 0.25) is 0 Å². The average molecular weight is 468 g/mol. The summed E-state index contributed by atoms with van der Waals surface area (Å²) in [5.41, 5.74) is 0.983. The summed E-state index contributed by atoms with van der Waals surface area (Å²) in [6, 6.07) is 10.2. The van der Waals surface area contributed by atoms with E-state index >= 15 is 0 Å². The minimum Gasteiger partial charge on any atom is -0.494 e. The number of carbonyl (C=O) groups excluding carboxylic acids is 1. The number of aryl methyl sites for hydroxylation is 1. The molecule has 0 unspecified atom stereocenters. The molecule has 2 aromatic heterocycles. The molecule has 4 rings (SSSR count). The number of benzene rings is 1. The highest BCUT2D eigenvalue weighted by molar-refractivity contribution is 7.19. The first-order chi connectivity index (χ1) is 15.3. The number of nitrogens with zero attached hydrogens (tertiary/aromatic N) is 2. The molecule has 1 aliphatic carbocycles. The molecule has 32 heavy (non-hydrogen) atoms. The smallest absolute Gasteiger partial charge is 0.230 e. The lowest BCUT2D eigenvalue weighted by molar-refractivity contribution is -0.120. The van der Waals surface area contributed by atoms with E-state index in [4.69, 9.17) is 25.6 Å². The number of nitrogens with one attached hydrogen (secondary N) is 3. The van der Waals surface area contributed by atoms with Gasteiger partial charge in [0.25, 0.3) is 0 Å². The molecule has 1 amide bonds. The highest BCUT2D eigenvalue weighted by Crippen LogP contribution is 2.38. The van der Waals surface area contributed by atoms with Gasteiger partial charge < -0.3 is 14.8 Å². The molecule has 1 aliphatic rings. The third-order valence-corrected chi connectivity index (χ3v) is 7.02. The van der Waals surface area contributed by atoms with Crippen molar-refractivity contribution in [2.75, 3.05) is 7.11 Å². The van der Waals surface area contributed by atoms with Crippen molar-refractivity contribution in [3.8, 4) is 22.3 Å². The number of fused-ring (bicyclic) bond motifs is 1. The summed E-state index contributed by atoms with van der Waals surface area (Å²) in [5, 5.41) is 28.2. The van der Waals surface area contributed by atoms with E-state index in [0.717, 1.165) is 20.7 Å². The summed E-state index contributed by atoms with van der Waals surface area (Å²) in [6.07, 6.45) is 1.02. The number of thiazole rings is 1. The van der Waals surface area contributed by atoms with Gasteiger partial charge in [-0.05, 0) is 49.6 Å². The van der Waals surface area contributed by atoms with Gasteiger partial charge in [0.05, 0.1) is 24.3 Å². The van der Waals surface area contributed by atoms with Crippen molar-refractivity contribution in [2.24, 2.45) is 0 Å². The van der Waals surface area contributed by atoms with E-state index in [0.29, 0.717) is 23.6 Å². The number of hydrogen-bond donors (Lipinski definition) is 3. The first kappa shape index (κ1) is 21.9. The van der Waals surface area contributed by atoms with Crippen LogP contribution >= 0.6 is 22.7 Å². The van der Waals surface area contributed by atoms with Crippen molar-refractivity contribution in [1.29, 1.82) is 16.1 Å². The third kappa shape index (κ3) is 4.79. The standard InChI is InChI=1S/C22H21N5O3S2/c1-12-3-4-15(31-12)13-7-14(29-2)21-16(8-13)32-20(26-21)10-18(25)30-17(24)9-19(28)27-22(11-23)5-6-22/h3-4,7-8,24-25H,5-6,9-10H2,1-2H3,(H,27,28). The Hall–Kier alpha value is -3.29. The Morgan fingerprint density at radius 3 is 2.69 bits per heavy atom. The van der Waals surface area contributed by atoms with Gasteiger partial charge in [0.2, 0.25) is 5.91 Å². The molecule has 1 aromatic carbocycles. The van der Waals surface area contributed by atoms with Crippen molar-refractivity contribution in [3.05, 3.63) is 34.2 Å². The molecule has 0 radical (unpaired) electrons. The number of thiophene rings is 1. The van der Waals surface area contributed by atoms with Crippen LogP contribution in [-0.2, 0) is 16.0 Å². The fourth-order valence-electron chi connectivity index (χ4n) is 3.21. The second-order valence-corrected chi connectivity index (χ2v) is 9.99. The lowest BCUT2D eigenvalue weighted by Crippen LogP contribution is -2.37. The van der Waals surface area contributed by atoms with Gasteiger partial charge in [0.1, 0.15) is 28.2 Å². The fourth-order valence-corrected chi connectivity index (χ4v) is 5.09. The molecule has 8 nitrogen and oxygen atoms in total. The van der Waals surface area contributed by atoms with Crippen LogP contribution in [0, 0.1) is 29.1 Å². The minimum atomic E-state index is -0.786. The molecule has 0 spiro atoms. The Bertz CT molecular complexity index is 1270. The quantitative estimate of drug-likeness (QED) is 0.350. The Labute approximate surface area is 192 Å². The predicted octanol–water partition coefficient (Wildman–Crippen LogP) is 4.42. The van der Waals surface area contributed by atoms with Crippen molar-refractivity contribution in [2.45, 2.75) is 38.1 Å². The van der Waals surface area contributed by atoms with Crippen LogP contribution in [0.25, 0.3) is 20.7 Å². The number of aromatic nitrogens is 1. The van der Waals surface area contributed by atoms with Gasteiger partial charge >= 0.3 is 0 Å². The summed E-state index contributed by atoms with van der Waals surface area (Å²) in [4.78, 5) is 18.9. The highest BCUT2D eigenvalue weighted by atomic mass is 32.1. The Balaban J connectivity index is 1.42. The molecule has 0 bridgehead atoms. The van der Waals surface area contributed by atoms with E-state index in [1.54, 1.807) is 18.4 Å². The molecule has 164 valence electrons. The second kappa shape index (κ2) is 8.68. The second-order valence-electron chi connectivity index (χ2n) is 7.59. The fraction of sp³-hybridized carbons (Fsp3) is 0.318. The maximum absolute atomic E-state index is 12.0. The summed E-state index contributed by atoms with van der Waals surface area (Å²) in [6.45, 7) is 2.06. The molecule has 1 saturated carbocycles. The van der Waals surface area contributed by atoms with Crippen LogP contribution in [-0.4, -0.2) is 35.3 Å². The normalized spacial score (nSPS) is 13.9. The van der Waals surface area contributed by atoms with E-state index in [9.17, 15) is 4.79 Å². The van der Waals surface area contributed by atoms with Gasteiger partial charge in [-0.3, -0.25) is 15.6 Å². The van der Waals surface area contributed by atoms with Crippen molar-refractivity contribution < 1.29 is 14.3 Å². The number of carbonyl (C=O) groups is 1. The lowest BCUT2D eigenvalue weighted by atomic mass is 10.1. The zero-order valence-corrected chi connectivity index (χ0v) is 19.2. The average Bonchev–Trinajstić information content (AvgIpc) is 3.17. The number of amides is 1. The molecule has 0 atom stereocenters. The van der Waals surface area contributed by atoms with Crippen LogP contribution < -0.4 is 10.1 Å². The molecule has 2 heterocycles. The number of ether oxygens (including phenoxy) is 2. The van der Waals surface area contributed by atoms with E-state index in [-0.39, 0.29) is 24.6 Å². The largest absolute Gasteiger partial charge is 0.494 e. The first-order valence-corrected chi connectivity index (χ1v) is 11.5. The van der Waals surface area contributed by atoms with Crippen LogP contribution in [0.4, 0.5) is 0 Å².